The number of allylic oxidation sites excluding steroid dienone is 2. The molecule has 5 heteroatoms. The van der Waals surface area contributed by atoms with Gasteiger partial charge in [-0.15, -0.1) is 0 Å². The number of benzene rings is 1. The van der Waals surface area contributed by atoms with Crippen molar-refractivity contribution in [2.45, 2.75) is 13.0 Å². The van der Waals surface area contributed by atoms with Crippen LogP contribution >= 0.6 is 0 Å². The quantitative estimate of drug-likeness (QED) is 0.667. The van der Waals surface area contributed by atoms with Crippen LogP contribution in [0, 0.1) is 35.5 Å². The topological polar surface area (TPSA) is 66.5 Å². The number of nitrogens with one attached hydrogen (secondary N) is 1. The maximum Gasteiger partial charge on any atom is 0.240 e. The molecular formula is C20H20N2O3. The minimum atomic E-state index is -0.283. The Labute approximate surface area is 146 Å². The van der Waals surface area contributed by atoms with E-state index >= 15 is 0 Å². The number of amides is 3. The minimum absolute atomic E-state index is 0.144. The van der Waals surface area contributed by atoms with Gasteiger partial charge in [0.05, 0.1) is 11.8 Å². The molecule has 5 aliphatic rings. The van der Waals surface area contributed by atoms with Crippen LogP contribution in [-0.2, 0) is 20.9 Å². The zero-order valence-corrected chi connectivity index (χ0v) is 13.8. The van der Waals surface area contributed by atoms with E-state index in [9.17, 15) is 14.4 Å². The third-order valence-electron chi connectivity index (χ3n) is 6.39. The fourth-order valence-corrected chi connectivity index (χ4v) is 5.17. The fourth-order valence-electron chi connectivity index (χ4n) is 5.17. The summed E-state index contributed by atoms with van der Waals surface area (Å²) in [5.41, 5.74) is 0.992. The number of carbonyl (C=O) groups is 3. The summed E-state index contributed by atoms with van der Waals surface area (Å²) in [6.45, 7) is 0.242. The molecule has 128 valence electrons. The molecule has 1 heterocycles. The van der Waals surface area contributed by atoms with Crippen LogP contribution in [0.3, 0.4) is 0 Å². The average Bonchev–Trinajstić information content (AvgIpc) is 3.42. The van der Waals surface area contributed by atoms with Crippen LogP contribution in [0.5, 0.6) is 0 Å². The molecule has 4 aliphatic carbocycles. The lowest BCUT2D eigenvalue weighted by Crippen LogP contribution is -2.41. The van der Waals surface area contributed by atoms with Crippen LogP contribution in [-0.4, -0.2) is 29.2 Å². The van der Waals surface area contributed by atoms with Gasteiger partial charge in [-0.1, -0.05) is 42.5 Å². The van der Waals surface area contributed by atoms with Crippen molar-refractivity contribution in [3.8, 4) is 0 Å². The Bertz CT molecular complexity index is 751. The molecule has 3 fully saturated rings. The summed E-state index contributed by atoms with van der Waals surface area (Å²) < 4.78 is 0. The first kappa shape index (κ1) is 14.9. The van der Waals surface area contributed by atoms with E-state index in [4.69, 9.17) is 0 Å². The maximum atomic E-state index is 12.8. The summed E-state index contributed by atoms with van der Waals surface area (Å²) in [5.74, 6) is 0.544. The van der Waals surface area contributed by atoms with E-state index in [0.29, 0.717) is 18.4 Å². The van der Waals surface area contributed by atoms with Gasteiger partial charge in [-0.25, -0.2) is 0 Å². The molecule has 6 atom stereocenters. The van der Waals surface area contributed by atoms with Gasteiger partial charge in [0.25, 0.3) is 0 Å². The van der Waals surface area contributed by atoms with E-state index < -0.39 is 0 Å². The molecule has 1 aromatic carbocycles. The third-order valence-corrected chi connectivity index (χ3v) is 6.39. The van der Waals surface area contributed by atoms with Crippen LogP contribution in [0.1, 0.15) is 12.0 Å². The van der Waals surface area contributed by atoms with E-state index in [1.54, 1.807) is 0 Å². The lowest BCUT2D eigenvalue weighted by molar-refractivity contribution is -0.143. The Morgan fingerprint density at radius 2 is 1.60 bits per heavy atom. The molecule has 0 unspecified atom stereocenters. The largest absolute Gasteiger partial charge is 0.350 e. The Kier molecular flexibility index (Phi) is 3.14. The van der Waals surface area contributed by atoms with Gasteiger partial charge in [0.1, 0.15) is 6.54 Å². The maximum absolute atomic E-state index is 12.8. The second-order valence-corrected chi connectivity index (χ2v) is 7.68. The monoisotopic (exact) mass is 336 g/mol. The second-order valence-electron chi connectivity index (χ2n) is 7.68. The van der Waals surface area contributed by atoms with E-state index in [1.807, 2.05) is 30.3 Å². The average molecular weight is 336 g/mol. The highest BCUT2D eigenvalue weighted by molar-refractivity contribution is 6.08. The molecule has 2 saturated carbocycles. The van der Waals surface area contributed by atoms with E-state index in [1.165, 1.54) is 4.90 Å². The van der Waals surface area contributed by atoms with Crippen LogP contribution in [0.25, 0.3) is 0 Å². The molecule has 1 N–H and O–H groups in total. The summed E-state index contributed by atoms with van der Waals surface area (Å²) in [6, 6.07) is 9.59. The SMILES string of the molecule is O=C(CN1C(=O)[C@H]2[C@@H]3C=C[C@H]([C@H]4C[C@H]34)[C@@H]2C1=O)NCc1ccccc1. The molecule has 0 aromatic heterocycles. The smallest absolute Gasteiger partial charge is 0.240 e. The van der Waals surface area contributed by atoms with Gasteiger partial charge in [0.2, 0.25) is 17.7 Å². The van der Waals surface area contributed by atoms with Gasteiger partial charge < -0.3 is 5.32 Å². The number of nitrogens with zero attached hydrogens (tertiary/aromatic N) is 1. The Balaban J connectivity index is 1.27. The summed E-state index contributed by atoms with van der Waals surface area (Å²) in [7, 11) is 0. The van der Waals surface area contributed by atoms with Crippen molar-refractivity contribution in [3.63, 3.8) is 0 Å². The molecular weight excluding hydrogens is 316 g/mol. The molecule has 5 nitrogen and oxygen atoms in total. The predicted molar refractivity (Wildman–Crippen MR) is 89.7 cm³/mol. The van der Waals surface area contributed by atoms with Crippen molar-refractivity contribution in [2.24, 2.45) is 35.5 Å². The Morgan fingerprint density at radius 1 is 1.00 bits per heavy atom. The highest BCUT2D eigenvalue weighted by atomic mass is 16.2. The number of hydrogen-bond donors (Lipinski definition) is 1. The molecule has 0 spiro atoms. The Morgan fingerprint density at radius 3 is 2.20 bits per heavy atom. The first-order valence-electron chi connectivity index (χ1n) is 8.99. The van der Waals surface area contributed by atoms with Crippen LogP contribution in [0.15, 0.2) is 42.5 Å². The molecule has 6 rings (SSSR count). The number of carbonyl (C=O) groups excluding carboxylic acids is 3. The molecule has 1 saturated heterocycles. The summed E-state index contributed by atoms with van der Waals surface area (Å²) in [5, 5.41) is 2.80. The van der Waals surface area contributed by atoms with Crippen molar-refractivity contribution in [3.05, 3.63) is 48.0 Å². The van der Waals surface area contributed by atoms with Crippen LogP contribution < -0.4 is 5.32 Å². The van der Waals surface area contributed by atoms with Crippen molar-refractivity contribution in [1.82, 2.24) is 10.2 Å². The van der Waals surface area contributed by atoms with Gasteiger partial charge in [-0.2, -0.15) is 0 Å². The van der Waals surface area contributed by atoms with Crippen LogP contribution in [0.4, 0.5) is 0 Å². The van der Waals surface area contributed by atoms with Crippen molar-refractivity contribution in [1.29, 1.82) is 0 Å². The van der Waals surface area contributed by atoms with E-state index in [0.717, 1.165) is 12.0 Å². The summed E-state index contributed by atoms with van der Waals surface area (Å²) in [6.07, 6.45) is 5.43. The van der Waals surface area contributed by atoms with Gasteiger partial charge >= 0.3 is 0 Å². The summed E-state index contributed by atoms with van der Waals surface area (Å²) >= 11 is 0. The number of hydrogen-bond acceptors (Lipinski definition) is 3. The highest BCUT2D eigenvalue weighted by Crippen LogP contribution is 2.65. The van der Waals surface area contributed by atoms with Crippen LogP contribution in [0.2, 0.25) is 0 Å². The molecule has 1 aliphatic heterocycles. The normalized spacial score (nSPS) is 37.0. The fraction of sp³-hybridized carbons (Fsp3) is 0.450. The molecule has 3 amide bonds. The number of likely N-dealkylation sites (tertiary alicyclic amines) is 1. The van der Waals surface area contributed by atoms with Crippen molar-refractivity contribution >= 4 is 17.7 Å². The van der Waals surface area contributed by atoms with Crippen molar-refractivity contribution in [2.75, 3.05) is 6.54 Å². The number of rotatable bonds is 4. The van der Waals surface area contributed by atoms with Crippen molar-refractivity contribution < 1.29 is 14.4 Å². The lowest BCUT2D eigenvalue weighted by Gasteiger charge is -2.37. The molecule has 2 bridgehead atoms. The molecule has 25 heavy (non-hydrogen) atoms. The summed E-state index contributed by atoms with van der Waals surface area (Å²) in [4.78, 5) is 39.1. The Hall–Kier alpha value is -2.43. The minimum Gasteiger partial charge on any atom is -0.350 e. The van der Waals surface area contributed by atoms with Gasteiger partial charge in [0.15, 0.2) is 0 Å². The van der Waals surface area contributed by atoms with Gasteiger partial charge in [0, 0.05) is 6.54 Å². The third kappa shape index (κ3) is 2.18. The first-order valence-corrected chi connectivity index (χ1v) is 8.99. The first-order chi connectivity index (χ1) is 12.1. The van der Waals surface area contributed by atoms with E-state index in [2.05, 4.69) is 17.5 Å². The molecule has 1 aromatic rings. The highest BCUT2D eigenvalue weighted by Gasteiger charge is 2.67. The zero-order valence-electron chi connectivity index (χ0n) is 13.8. The molecule has 0 radical (unpaired) electrons. The van der Waals surface area contributed by atoms with E-state index in [-0.39, 0.29) is 47.9 Å². The van der Waals surface area contributed by atoms with Gasteiger partial charge in [-0.05, 0) is 35.7 Å². The predicted octanol–water partition coefficient (Wildman–Crippen LogP) is 1.36. The zero-order chi connectivity index (χ0) is 17.1. The number of imide groups is 1. The van der Waals surface area contributed by atoms with Gasteiger partial charge in [-0.3, -0.25) is 19.3 Å². The second kappa shape index (κ2) is 5.28. The lowest BCUT2D eigenvalue weighted by atomic mass is 9.63. The standard InChI is InChI=1S/C20H20N2O3/c23-16(21-9-11-4-2-1-3-5-11)10-22-19(24)17-12-6-7-13(15-8-14(12)15)18(17)20(22)25/h1-7,12-15,17-18H,8-10H2,(H,21,23)/t12-,13-,14-,15-,17+,18+/m1/s1.